The summed E-state index contributed by atoms with van der Waals surface area (Å²) in [6.07, 6.45) is 0.0586. The van der Waals surface area contributed by atoms with Gasteiger partial charge in [-0.25, -0.2) is 9.59 Å². The first-order valence-electron chi connectivity index (χ1n) is 9.79. The third kappa shape index (κ3) is 4.91. The molecule has 3 N–H and O–H groups in total. The Morgan fingerprint density at radius 2 is 1.53 bits per heavy atom. The Morgan fingerprint density at radius 1 is 1.03 bits per heavy atom. The van der Waals surface area contributed by atoms with Crippen LogP contribution in [0.25, 0.3) is 0 Å². The summed E-state index contributed by atoms with van der Waals surface area (Å²) in [7, 11) is -4.63. The number of benzene rings is 1. The summed E-state index contributed by atoms with van der Waals surface area (Å²) in [6.45, 7) is 6.34. The van der Waals surface area contributed by atoms with Crippen LogP contribution < -0.4 is 5.32 Å². The molecule has 168 valence electrons. The highest BCUT2D eigenvalue weighted by Crippen LogP contribution is 2.61. The van der Waals surface area contributed by atoms with E-state index >= 15 is 0 Å². The van der Waals surface area contributed by atoms with Gasteiger partial charge in [-0.05, 0) is 37.8 Å². The van der Waals surface area contributed by atoms with E-state index in [9.17, 15) is 28.7 Å². The van der Waals surface area contributed by atoms with Crippen molar-refractivity contribution >= 4 is 25.9 Å². The summed E-state index contributed by atoms with van der Waals surface area (Å²) in [4.78, 5) is 57.2. The molecule has 0 aliphatic rings. The molecule has 0 aliphatic heterocycles. The van der Waals surface area contributed by atoms with E-state index in [2.05, 4.69) is 5.32 Å². The van der Waals surface area contributed by atoms with Crippen LogP contribution in [0, 0.1) is 0 Å². The second kappa shape index (κ2) is 10.7. The number of carbonyl (C=O) groups is 3. The molecule has 0 unspecified atom stereocenters. The number of hydrogen-bond acceptors (Lipinski definition) is 6. The van der Waals surface area contributed by atoms with Crippen molar-refractivity contribution in [3.8, 4) is 0 Å². The fourth-order valence-electron chi connectivity index (χ4n) is 3.62. The van der Waals surface area contributed by atoms with E-state index < -0.39 is 30.2 Å². The number of rotatable bonds is 12. The van der Waals surface area contributed by atoms with Crippen LogP contribution in [0.15, 0.2) is 24.3 Å². The van der Waals surface area contributed by atoms with Gasteiger partial charge in [0, 0.05) is 6.42 Å². The molecular formula is C20H30NO8P. The number of amides is 1. The average molecular weight is 443 g/mol. The lowest BCUT2D eigenvalue weighted by Gasteiger charge is -2.36. The van der Waals surface area contributed by atoms with Crippen molar-refractivity contribution in [3.05, 3.63) is 35.4 Å². The van der Waals surface area contributed by atoms with Gasteiger partial charge >= 0.3 is 19.5 Å². The van der Waals surface area contributed by atoms with E-state index in [-0.39, 0.29) is 38.9 Å². The minimum atomic E-state index is -4.63. The molecule has 0 aliphatic carbocycles. The van der Waals surface area contributed by atoms with Crippen LogP contribution in [0.2, 0.25) is 0 Å². The average Bonchev–Trinajstić information content (AvgIpc) is 2.69. The van der Waals surface area contributed by atoms with Gasteiger partial charge in [-0.15, -0.1) is 0 Å². The molecular weight excluding hydrogens is 413 g/mol. The standard InChI is InChI=1S/C20H30NO8P/c1-5-19(6-2,30(25,26)27)16-12-10-9-11-15(16)13-20(21-14-22,17(23)28-7-3)18(24)29-8-4/h9-12,14H,5-8,13H2,1-4H3,(H,21,22)(H2,25,26,27). The molecule has 0 saturated carbocycles. The smallest absolute Gasteiger partial charge is 0.344 e. The molecule has 0 spiro atoms. The molecule has 1 rings (SSSR count). The predicted molar refractivity (Wildman–Crippen MR) is 110 cm³/mol. The van der Waals surface area contributed by atoms with Crippen molar-refractivity contribution in [1.29, 1.82) is 0 Å². The second-order valence-corrected chi connectivity index (χ2v) is 8.67. The molecule has 1 amide bonds. The number of ether oxygens (including phenoxy) is 2. The zero-order valence-electron chi connectivity index (χ0n) is 17.7. The molecule has 0 radical (unpaired) electrons. The van der Waals surface area contributed by atoms with Crippen LogP contribution in [0.1, 0.15) is 51.7 Å². The van der Waals surface area contributed by atoms with Crippen LogP contribution in [0.3, 0.4) is 0 Å². The molecule has 1 aromatic carbocycles. The third-order valence-corrected chi connectivity index (χ3v) is 7.24. The van der Waals surface area contributed by atoms with Gasteiger partial charge < -0.3 is 24.6 Å². The Bertz CT molecular complexity index is 782. The van der Waals surface area contributed by atoms with Crippen molar-refractivity contribution in [1.82, 2.24) is 5.32 Å². The maximum Gasteiger partial charge on any atom is 0.344 e. The largest absolute Gasteiger partial charge is 0.464 e. The molecule has 1 aromatic rings. The minimum absolute atomic E-state index is 0.0431. The van der Waals surface area contributed by atoms with E-state index in [4.69, 9.17) is 9.47 Å². The highest BCUT2D eigenvalue weighted by molar-refractivity contribution is 7.53. The van der Waals surface area contributed by atoms with Gasteiger partial charge in [0.25, 0.3) is 0 Å². The third-order valence-electron chi connectivity index (χ3n) is 5.25. The molecule has 0 fully saturated rings. The zero-order chi connectivity index (χ0) is 23.0. The van der Waals surface area contributed by atoms with Crippen molar-refractivity contribution in [2.75, 3.05) is 13.2 Å². The van der Waals surface area contributed by atoms with Gasteiger partial charge in [-0.1, -0.05) is 38.1 Å². The van der Waals surface area contributed by atoms with E-state index in [1.807, 2.05) is 0 Å². The first-order valence-corrected chi connectivity index (χ1v) is 11.4. The molecule has 0 heterocycles. The monoisotopic (exact) mass is 443 g/mol. The number of carbonyl (C=O) groups excluding carboxylic acids is 3. The van der Waals surface area contributed by atoms with Crippen molar-refractivity contribution in [2.24, 2.45) is 0 Å². The van der Waals surface area contributed by atoms with Crippen LogP contribution >= 0.6 is 7.60 Å². The summed E-state index contributed by atoms with van der Waals surface area (Å²) in [5.41, 5.74) is -1.57. The first kappa shape index (κ1) is 25.8. The number of esters is 2. The highest BCUT2D eigenvalue weighted by Gasteiger charge is 2.52. The van der Waals surface area contributed by atoms with Crippen LogP contribution in [-0.4, -0.2) is 46.9 Å². The SMILES string of the molecule is CCOC(=O)C(Cc1ccccc1C(CC)(CC)P(=O)(O)O)(NC=O)C(=O)OCC. The van der Waals surface area contributed by atoms with Crippen molar-refractivity contribution in [2.45, 2.75) is 57.7 Å². The number of hydrogen-bond donors (Lipinski definition) is 3. The van der Waals surface area contributed by atoms with E-state index in [0.717, 1.165) is 0 Å². The van der Waals surface area contributed by atoms with Crippen LogP contribution in [0.5, 0.6) is 0 Å². The van der Waals surface area contributed by atoms with E-state index in [1.54, 1.807) is 52.0 Å². The molecule has 10 heteroatoms. The molecule has 0 atom stereocenters. The number of nitrogens with one attached hydrogen (secondary N) is 1. The quantitative estimate of drug-likeness (QED) is 0.193. The van der Waals surface area contributed by atoms with Gasteiger partial charge in [0.1, 0.15) is 0 Å². The minimum Gasteiger partial charge on any atom is -0.464 e. The van der Waals surface area contributed by atoms with Gasteiger partial charge in [-0.3, -0.25) is 9.36 Å². The van der Waals surface area contributed by atoms with Gasteiger partial charge in [-0.2, -0.15) is 0 Å². The maximum absolute atomic E-state index is 12.8. The maximum atomic E-state index is 12.8. The van der Waals surface area contributed by atoms with E-state index in [0.29, 0.717) is 11.1 Å². The molecule has 0 bridgehead atoms. The fraction of sp³-hybridized carbons (Fsp3) is 0.550. The zero-order valence-corrected chi connectivity index (χ0v) is 18.6. The summed E-state index contributed by atoms with van der Waals surface area (Å²) >= 11 is 0. The van der Waals surface area contributed by atoms with Gasteiger partial charge in [0.15, 0.2) is 0 Å². The molecule has 0 saturated heterocycles. The normalized spacial score (nSPS) is 12.2. The summed E-state index contributed by atoms with van der Waals surface area (Å²) in [5, 5.41) is 0.729. The Kier molecular flexibility index (Phi) is 9.21. The Balaban J connectivity index is 3.73. The summed E-state index contributed by atoms with van der Waals surface area (Å²) < 4.78 is 22.5. The lowest BCUT2D eigenvalue weighted by Crippen LogP contribution is -2.61. The van der Waals surface area contributed by atoms with Crippen molar-refractivity contribution in [3.63, 3.8) is 0 Å². The topological polar surface area (TPSA) is 139 Å². The molecule has 0 aromatic heterocycles. The predicted octanol–water partition coefficient (Wildman–Crippen LogP) is 2.03. The fourth-order valence-corrected chi connectivity index (χ4v) is 4.98. The van der Waals surface area contributed by atoms with Gasteiger partial charge in [0.2, 0.25) is 11.9 Å². The molecule has 30 heavy (non-hydrogen) atoms. The second-order valence-electron chi connectivity index (χ2n) is 6.73. The van der Waals surface area contributed by atoms with E-state index in [1.165, 1.54) is 0 Å². The Morgan fingerprint density at radius 3 is 1.93 bits per heavy atom. The Labute approximate surface area is 176 Å². The highest BCUT2D eigenvalue weighted by atomic mass is 31.2. The summed E-state index contributed by atoms with van der Waals surface area (Å²) in [5.74, 6) is -2.03. The van der Waals surface area contributed by atoms with Crippen LogP contribution in [0.4, 0.5) is 0 Å². The Hall–Kier alpha value is -2.22. The lowest BCUT2D eigenvalue weighted by atomic mass is 9.82. The summed E-state index contributed by atoms with van der Waals surface area (Å²) in [6, 6.07) is 6.36. The van der Waals surface area contributed by atoms with Crippen molar-refractivity contribution < 1.29 is 38.2 Å². The van der Waals surface area contributed by atoms with Gasteiger partial charge in [0.05, 0.1) is 18.4 Å². The lowest BCUT2D eigenvalue weighted by molar-refractivity contribution is -0.167. The van der Waals surface area contributed by atoms with Crippen LogP contribution in [-0.2, 0) is 40.0 Å². The first-order chi connectivity index (χ1) is 14.1. The molecule has 9 nitrogen and oxygen atoms in total.